The predicted octanol–water partition coefficient (Wildman–Crippen LogP) is -0.685. The predicted molar refractivity (Wildman–Crippen MR) is 101 cm³/mol. The molecule has 0 aromatic heterocycles. The van der Waals surface area contributed by atoms with Gasteiger partial charge in [-0.3, -0.25) is 0 Å². The lowest BCUT2D eigenvalue weighted by Gasteiger charge is -2.15. The molecule has 0 amide bonds. The van der Waals surface area contributed by atoms with Crippen LogP contribution in [-0.4, -0.2) is 90.6 Å². The Morgan fingerprint density at radius 2 is 1.12 bits per heavy atom. The average molecular weight is 365 g/mol. The summed E-state index contributed by atoms with van der Waals surface area (Å²) in [6.45, 7) is 13.4. The molecular formula is C17H40N4O4. The summed E-state index contributed by atoms with van der Waals surface area (Å²) in [6.07, 6.45) is 0. The Balaban J connectivity index is 3.14. The normalized spacial score (nSPS) is 15.2. The Bertz CT molecular complexity index is 271. The van der Waals surface area contributed by atoms with Crippen molar-refractivity contribution >= 4 is 0 Å². The van der Waals surface area contributed by atoms with Gasteiger partial charge in [-0.25, -0.2) is 0 Å². The number of rotatable bonds is 19. The van der Waals surface area contributed by atoms with Crippen molar-refractivity contribution < 1.29 is 18.9 Å². The number of hydrogen-bond acceptors (Lipinski definition) is 8. The van der Waals surface area contributed by atoms with Gasteiger partial charge in [0, 0.05) is 37.8 Å². The molecule has 0 fully saturated rings. The lowest BCUT2D eigenvalue weighted by Crippen LogP contribution is -2.35. The van der Waals surface area contributed by atoms with Crippen molar-refractivity contribution in [2.24, 2.45) is 11.5 Å². The Kier molecular flexibility index (Phi) is 18.2. The molecule has 152 valence electrons. The zero-order valence-corrected chi connectivity index (χ0v) is 16.3. The van der Waals surface area contributed by atoms with E-state index in [-0.39, 0.29) is 12.1 Å². The highest BCUT2D eigenvalue weighted by molar-refractivity contribution is 4.59. The average Bonchev–Trinajstić information content (AvgIpc) is 2.55. The summed E-state index contributed by atoms with van der Waals surface area (Å²) in [5.41, 5.74) is 11.2. The Labute approximate surface area is 153 Å². The monoisotopic (exact) mass is 364 g/mol. The van der Waals surface area contributed by atoms with E-state index in [0.29, 0.717) is 58.9 Å². The van der Waals surface area contributed by atoms with Gasteiger partial charge in [0.05, 0.1) is 52.9 Å². The highest BCUT2D eigenvalue weighted by Crippen LogP contribution is 1.85. The summed E-state index contributed by atoms with van der Waals surface area (Å²) in [5, 5.41) is 6.62. The van der Waals surface area contributed by atoms with E-state index in [9.17, 15) is 0 Å². The molecule has 25 heavy (non-hydrogen) atoms. The van der Waals surface area contributed by atoms with Crippen LogP contribution in [0.4, 0.5) is 0 Å². The molecule has 0 heterocycles. The summed E-state index contributed by atoms with van der Waals surface area (Å²) in [7, 11) is 0. The van der Waals surface area contributed by atoms with E-state index in [2.05, 4.69) is 17.6 Å². The second-order valence-corrected chi connectivity index (χ2v) is 6.40. The summed E-state index contributed by atoms with van der Waals surface area (Å²) >= 11 is 0. The summed E-state index contributed by atoms with van der Waals surface area (Å²) < 4.78 is 21.8. The highest BCUT2D eigenvalue weighted by Gasteiger charge is 2.01. The van der Waals surface area contributed by atoms with E-state index in [1.165, 1.54) is 0 Å². The number of nitrogens with one attached hydrogen (secondary N) is 2. The van der Waals surface area contributed by atoms with Crippen molar-refractivity contribution in [3.05, 3.63) is 0 Å². The van der Waals surface area contributed by atoms with E-state index in [4.69, 9.17) is 30.4 Å². The van der Waals surface area contributed by atoms with Gasteiger partial charge in [-0.1, -0.05) is 0 Å². The van der Waals surface area contributed by atoms with Crippen molar-refractivity contribution in [1.29, 1.82) is 0 Å². The van der Waals surface area contributed by atoms with Gasteiger partial charge in [-0.05, 0) is 20.8 Å². The molecule has 0 aliphatic rings. The molecule has 3 atom stereocenters. The first-order valence-electron chi connectivity index (χ1n) is 9.28. The lowest BCUT2D eigenvalue weighted by molar-refractivity contribution is 0.0443. The molecule has 0 aliphatic carbocycles. The fraction of sp³-hybridized carbons (Fsp3) is 1.00. The largest absolute Gasteiger partial charge is 0.379 e. The Morgan fingerprint density at radius 1 is 0.640 bits per heavy atom. The molecular weight excluding hydrogens is 324 g/mol. The molecule has 0 saturated carbocycles. The van der Waals surface area contributed by atoms with Gasteiger partial charge in [-0.2, -0.15) is 0 Å². The third-order valence-electron chi connectivity index (χ3n) is 3.09. The van der Waals surface area contributed by atoms with Gasteiger partial charge >= 0.3 is 0 Å². The number of hydrogen-bond donors (Lipinski definition) is 4. The van der Waals surface area contributed by atoms with Crippen LogP contribution in [0.1, 0.15) is 20.8 Å². The zero-order chi connectivity index (χ0) is 18.8. The second kappa shape index (κ2) is 18.5. The topological polar surface area (TPSA) is 113 Å². The third-order valence-corrected chi connectivity index (χ3v) is 3.09. The maximum Gasteiger partial charge on any atom is 0.0701 e. The van der Waals surface area contributed by atoms with Crippen LogP contribution >= 0.6 is 0 Å². The standard InChI is InChI=1S/C17H40N4O4/c1-15(18)12-23-9-6-21-17(3)14-24-8-5-20-4-7-22-10-11-25-13-16(2)19/h15-17,20-21H,4-14,18-19H2,1-3H3. The fourth-order valence-electron chi connectivity index (χ4n) is 1.87. The van der Waals surface area contributed by atoms with Crippen LogP contribution in [-0.2, 0) is 18.9 Å². The van der Waals surface area contributed by atoms with Gasteiger partial charge < -0.3 is 41.0 Å². The highest BCUT2D eigenvalue weighted by atomic mass is 16.5. The molecule has 0 aromatic carbocycles. The molecule has 8 nitrogen and oxygen atoms in total. The molecule has 8 heteroatoms. The molecule has 0 saturated heterocycles. The van der Waals surface area contributed by atoms with Gasteiger partial charge in [0.25, 0.3) is 0 Å². The quantitative estimate of drug-likeness (QED) is 0.223. The van der Waals surface area contributed by atoms with E-state index in [1.807, 2.05) is 13.8 Å². The van der Waals surface area contributed by atoms with Crippen LogP contribution < -0.4 is 22.1 Å². The van der Waals surface area contributed by atoms with E-state index in [1.54, 1.807) is 0 Å². The van der Waals surface area contributed by atoms with E-state index in [0.717, 1.165) is 19.6 Å². The number of nitrogens with two attached hydrogens (primary N) is 2. The first-order chi connectivity index (χ1) is 12.0. The van der Waals surface area contributed by atoms with Crippen molar-refractivity contribution in [2.75, 3.05) is 72.5 Å². The fourth-order valence-corrected chi connectivity index (χ4v) is 1.87. The van der Waals surface area contributed by atoms with Gasteiger partial charge in [0.15, 0.2) is 0 Å². The Hall–Kier alpha value is -0.320. The smallest absolute Gasteiger partial charge is 0.0701 e. The van der Waals surface area contributed by atoms with E-state index >= 15 is 0 Å². The van der Waals surface area contributed by atoms with Crippen molar-refractivity contribution in [3.8, 4) is 0 Å². The first-order valence-corrected chi connectivity index (χ1v) is 9.28. The van der Waals surface area contributed by atoms with Crippen LogP contribution in [0.2, 0.25) is 0 Å². The Morgan fingerprint density at radius 3 is 1.76 bits per heavy atom. The molecule has 0 rings (SSSR count). The van der Waals surface area contributed by atoms with Crippen molar-refractivity contribution in [2.45, 2.75) is 38.9 Å². The van der Waals surface area contributed by atoms with Crippen LogP contribution in [0.5, 0.6) is 0 Å². The van der Waals surface area contributed by atoms with Gasteiger partial charge in [0.1, 0.15) is 0 Å². The number of ether oxygens (including phenoxy) is 4. The molecule has 0 aliphatic heterocycles. The molecule has 3 unspecified atom stereocenters. The van der Waals surface area contributed by atoms with Crippen molar-refractivity contribution in [3.63, 3.8) is 0 Å². The minimum absolute atomic E-state index is 0.0768. The van der Waals surface area contributed by atoms with Gasteiger partial charge in [-0.15, -0.1) is 0 Å². The SMILES string of the molecule is CC(N)COCCNC(C)COCCNCCOCCOCC(C)N. The van der Waals surface area contributed by atoms with Crippen LogP contribution in [0.15, 0.2) is 0 Å². The van der Waals surface area contributed by atoms with Crippen LogP contribution in [0.25, 0.3) is 0 Å². The minimum atomic E-state index is 0.0768. The molecule has 0 spiro atoms. The minimum Gasteiger partial charge on any atom is -0.379 e. The summed E-state index contributed by atoms with van der Waals surface area (Å²) in [4.78, 5) is 0. The third kappa shape index (κ3) is 21.6. The van der Waals surface area contributed by atoms with Crippen LogP contribution in [0.3, 0.4) is 0 Å². The summed E-state index contributed by atoms with van der Waals surface area (Å²) in [6, 6.07) is 0.471. The molecule has 0 bridgehead atoms. The lowest BCUT2D eigenvalue weighted by atomic mass is 10.3. The first kappa shape index (κ1) is 24.7. The maximum atomic E-state index is 5.61. The van der Waals surface area contributed by atoms with Crippen LogP contribution in [0, 0.1) is 0 Å². The second-order valence-electron chi connectivity index (χ2n) is 6.40. The molecule has 0 aromatic rings. The molecule has 0 radical (unpaired) electrons. The van der Waals surface area contributed by atoms with E-state index < -0.39 is 0 Å². The molecule has 6 N–H and O–H groups in total. The van der Waals surface area contributed by atoms with Crippen molar-refractivity contribution in [1.82, 2.24) is 10.6 Å². The zero-order valence-electron chi connectivity index (χ0n) is 16.3. The maximum absolute atomic E-state index is 5.61. The summed E-state index contributed by atoms with van der Waals surface area (Å²) in [5.74, 6) is 0. The van der Waals surface area contributed by atoms with Gasteiger partial charge in [0.2, 0.25) is 0 Å².